The van der Waals surface area contributed by atoms with Crippen LogP contribution in [-0.4, -0.2) is 33.4 Å². The van der Waals surface area contributed by atoms with Crippen molar-refractivity contribution in [3.8, 4) is 11.4 Å². The number of likely N-dealkylation sites (tertiary alicyclic amines) is 1. The van der Waals surface area contributed by atoms with Gasteiger partial charge in [-0.15, -0.1) is 0 Å². The van der Waals surface area contributed by atoms with E-state index in [9.17, 15) is 4.79 Å². The first kappa shape index (κ1) is 18.5. The lowest BCUT2D eigenvalue weighted by atomic mass is 9.95. The molecule has 1 amide bonds. The van der Waals surface area contributed by atoms with Gasteiger partial charge in [-0.25, -0.2) is 4.98 Å². The number of nitrogens with zero attached hydrogens (tertiary/aromatic N) is 3. The summed E-state index contributed by atoms with van der Waals surface area (Å²) < 4.78 is 2.25. The van der Waals surface area contributed by atoms with Crippen LogP contribution in [0, 0.1) is 19.8 Å². The summed E-state index contributed by atoms with van der Waals surface area (Å²) in [6.45, 7) is 6.75. The molecule has 1 aliphatic heterocycles. The molecular formula is C24H27N3O. The minimum atomic E-state index is 0.161. The maximum absolute atomic E-state index is 12.8. The lowest BCUT2D eigenvalue weighted by Gasteiger charge is -2.32. The quantitative estimate of drug-likeness (QED) is 0.664. The second-order valence-corrected chi connectivity index (χ2v) is 7.80. The molecular weight excluding hydrogens is 346 g/mol. The summed E-state index contributed by atoms with van der Waals surface area (Å²) in [5, 5.41) is 0. The van der Waals surface area contributed by atoms with E-state index in [1.807, 2.05) is 47.5 Å². The molecule has 28 heavy (non-hydrogen) atoms. The van der Waals surface area contributed by atoms with Gasteiger partial charge in [-0.05, 0) is 55.9 Å². The molecule has 3 aromatic rings. The molecule has 0 N–H and O–H groups in total. The average molecular weight is 374 g/mol. The highest BCUT2D eigenvalue weighted by Gasteiger charge is 2.24. The number of hydrogen-bond acceptors (Lipinski definition) is 2. The maximum atomic E-state index is 12.8. The number of rotatable bonds is 4. The van der Waals surface area contributed by atoms with Crippen molar-refractivity contribution in [2.24, 2.45) is 5.92 Å². The second-order valence-electron chi connectivity index (χ2n) is 7.80. The van der Waals surface area contributed by atoms with E-state index >= 15 is 0 Å². The largest absolute Gasteiger partial charge is 0.339 e. The van der Waals surface area contributed by atoms with E-state index in [0.717, 1.165) is 49.4 Å². The molecule has 1 fully saturated rings. The number of aromatic nitrogens is 2. The Morgan fingerprint density at radius 1 is 1.04 bits per heavy atom. The Kier molecular flexibility index (Phi) is 5.29. The van der Waals surface area contributed by atoms with Crippen molar-refractivity contribution in [2.45, 2.75) is 33.2 Å². The van der Waals surface area contributed by atoms with E-state index in [2.05, 4.69) is 41.7 Å². The van der Waals surface area contributed by atoms with Gasteiger partial charge in [0.05, 0.1) is 0 Å². The molecule has 2 heterocycles. The van der Waals surface area contributed by atoms with Gasteiger partial charge >= 0.3 is 0 Å². The van der Waals surface area contributed by atoms with E-state index in [-0.39, 0.29) is 5.91 Å². The Balaban J connectivity index is 1.38. The molecule has 1 aliphatic rings. The zero-order valence-corrected chi connectivity index (χ0v) is 16.6. The van der Waals surface area contributed by atoms with Crippen molar-refractivity contribution in [1.82, 2.24) is 14.5 Å². The number of benzene rings is 2. The molecule has 0 radical (unpaired) electrons. The summed E-state index contributed by atoms with van der Waals surface area (Å²) in [6.07, 6.45) is 6.00. The fraction of sp³-hybridized carbons (Fsp3) is 0.333. The predicted molar refractivity (Wildman–Crippen MR) is 112 cm³/mol. The van der Waals surface area contributed by atoms with Crippen molar-refractivity contribution in [2.75, 3.05) is 13.1 Å². The summed E-state index contributed by atoms with van der Waals surface area (Å²) >= 11 is 0. The lowest BCUT2D eigenvalue weighted by molar-refractivity contribution is 0.0683. The van der Waals surface area contributed by atoms with Crippen molar-refractivity contribution in [3.05, 3.63) is 77.6 Å². The van der Waals surface area contributed by atoms with Crippen LogP contribution < -0.4 is 0 Å². The highest BCUT2D eigenvalue weighted by molar-refractivity contribution is 5.94. The van der Waals surface area contributed by atoms with Crippen LogP contribution >= 0.6 is 0 Å². The Hall–Kier alpha value is -2.88. The van der Waals surface area contributed by atoms with E-state index in [0.29, 0.717) is 5.92 Å². The van der Waals surface area contributed by atoms with Gasteiger partial charge < -0.3 is 9.47 Å². The van der Waals surface area contributed by atoms with E-state index in [1.54, 1.807) is 0 Å². The Morgan fingerprint density at radius 3 is 2.50 bits per heavy atom. The molecule has 4 nitrogen and oxygen atoms in total. The van der Waals surface area contributed by atoms with Crippen LogP contribution in [0.5, 0.6) is 0 Å². The van der Waals surface area contributed by atoms with Gasteiger partial charge in [0.2, 0.25) is 0 Å². The molecule has 4 heteroatoms. The Bertz CT molecular complexity index is 953. The SMILES string of the molecule is Cc1ccc(C(=O)N2CCC(Cn3ccnc3-c3ccccc3)CC2)cc1C. The highest BCUT2D eigenvalue weighted by Crippen LogP contribution is 2.24. The number of aryl methyl sites for hydroxylation is 2. The topological polar surface area (TPSA) is 38.1 Å². The standard InChI is InChI=1S/C24H27N3O/c1-18-8-9-22(16-19(18)2)24(28)26-13-10-20(11-14-26)17-27-15-12-25-23(27)21-6-4-3-5-7-21/h3-9,12,15-16,20H,10-11,13-14,17H2,1-2H3. The summed E-state index contributed by atoms with van der Waals surface area (Å²) in [5.74, 6) is 1.75. The minimum Gasteiger partial charge on any atom is -0.339 e. The van der Waals surface area contributed by atoms with Gasteiger partial charge in [0.1, 0.15) is 5.82 Å². The second kappa shape index (κ2) is 8.01. The van der Waals surface area contributed by atoms with Crippen molar-refractivity contribution < 1.29 is 4.79 Å². The van der Waals surface area contributed by atoms with E-state index < -0.39 is 0 Å². The molecule has 0 unspecified atom stereocenters. The summed E-state index contributed by atoms with van der Waals surface area (Å²) in [6, 6.07) is 16.3. The molecule has 4 rings (SSSR count). The van der Waals surface area contributed by atoms with Crippen LogP contribution in [0.3, 0.4) is 0 Å². The molecule has 2 aromatic carbocycles. The summed E-state index contributed by atoms with van der Waals surface area (Å²) in [4.78, 5) is 19.4. The zero-order chi connectivity index (χ0) is 19.5. The van der Waals surface area contributed by atoms with Gasteiger partial charge in [-0.1, -0.05) is 36.4 Å². The fourth-order valence-electron chi connectivity index (χ4n) is 3.96. The number of amides is 1. The fourth-order valence-corrected chi connectivity index (χ4v) is 3.96. The Labute approximate surface area is 166 Å². The monoisotopic (exact) mass is 373 g/mol. The highest BCUT2D eigenvalue weighted by atomic mass is 16.2. The molecule has 0 atom stereocenters. The van der Waals surface area contributed by atoms with Crippen LogP contribution in [0.2, 0.25) is 0 Å². The summed E-state index contributed by atoms with van der Waals surface area (Å²) in [5.41, 5.74) is 4.36. The molecule has 1 saturated heterocycles. The van der Waals surface area contributed by atoms with Crippen molar-refractivity contribution in [3.63, 3.8) is 0 Å². The van der Waals surface area contributed by atoms with Crippen LogP contribution in [0.4, 0.5) is 0 Å². The summed E-state index contributed by atoms with van der Waals surface area (Å²) in [7, 11) is 0. The minimum absolute atomic E-state index is 0.161. The number of carbonyl (C=O) groups excluding carboxylic acids is 1. The van der Waals surface area contributed by atoms with Crippen LogP contribution in [0.1, 0.15) is 34.3 Å². The lowest BCUT2D eigenvalue weighted by Crippen LogP contribution is -2.39. The molecule has 1 aromatic heterocycles. The maximum Gasteiger partial charge on any atom is 0.253 e. The van der Waals surface area contributed by atoms with Crippen LogP contribution in [0.15, 0.2) is 60.9 Å². The number of imidazole rings is 1. The number of hydrogen-bond donors (Lipinski definition) is 0. The van der Waals surface area contributed by atoms with E-state index in [4.69, 9.17) is 0 Å². The third-order valence-corrected chi connectivity index (χ3v) is 5.86. The first-order chi connectivity index (χ1) is 13.6. The van der Waals surface area contributed by atoms with Crippen LogP contribution in [0.25, 0.3) is 11.4 Å². The average Bonchev–Trinajstić information content (AvgIpc) is 3.19. The third-order valence-electron chi connectivity index (χ3n) is 5.86. The Morgan fingerprint density at radius 2 is 1.79 bits per heavy atom. The van der Waals surface area contributed by atoms with Crippen LogP contribution in [-0.2, 0) is 6.54 Å². The third kappa shape index (κ3) is 3.86. The predicted octanol–water partition coefficient (Wildman–Crippen LogP) is 4.72. The van der Waals surface area contributed by atoms with Crippen molar-refractivity contribution >= 4 is 5.91 Å². The smallest absolute Gasteiger partial charge is 0.253 e. The van der Waals surface area contributed by atoms with Crippen molar-refractivity contribution in [1.29, 1.82) is 0 Å². The van der Waals surface area contributed by atoms with Gasteiger partial charge in [0.25, 0.3) is 5.91 Å². The van der Waals surface area contributed by atoms with Gasteiger partial charge in [0.15, 0.2) is 0 Å². The first-order valence-corrected chi connectivity index (χ1v) is 10.0. The number of piperidine rings is 1. The molecule has 144 valence electrons. The van der Waals surface area contributed by atoms with E-state index in [1.165, 1.54) is 11.1 Å². The molecule has 0 bridgehead atoms. The van der Waals surface area contributed by atoms with Gasteiger partial charge in [-0.2, -0.15) is 0 Å². The first-order valence-electron chi connectivity index (χ1n) is 10.0. The normalized spacial score (nSPS) is 15.0. The molecule has 0 spiro atoms. The zero-order valence-electron chi connectivity index (χ0n) is 16.6. The number of carbonyl (C=O) groups is 1. The molecule has 0 aliphatic carbocycles. The van der Waals surface area contributed by atoms with Gasteiger partial charge in [0, 0.05) is 43.2 Å². The molecule has 0 saturated carbocycles. The van der Waals surface area contributed by atoms with Gasteiger partial charge in [-0.3, -0.25) is 4.79 Å².